The van der Waals surface area contributed by atoms with Crippen LogP contribution >= 0.6 is 0 Å². The lowest BCUT2D eigenvalue weighted by Crippen LogP contribution is -2.21. The van der Waals surface area contributed by atoms with Crippen molar-refractivity contribution >= 4 is 17.6 Å². The Balaban J connectivity index is 2.00. The summed E-state index contributed by atoms with van der Waals surface area (Å²) in [5, 5.41) is 2.56. The van der Waals surface area contributed by atoms with E-state index < -0.39 is 17.7 Å². The molecule has 1 amide bonds. The van der Waals surface area contributed by atoms with Crippen LogP contribution in [0.5, 0.6) is 5.88 Å². The van der Waals surface area contributed by atoms with E-state index in [4.69, 9.17) is 4.74 Å². The van der Waals surface area contributed by atoms with Crippen LogP contribution in [0.2, 0.25) is 0 Å². The van der Waals surface area contributed by atoms with Gasteiger partial charge in [0.05, 0.1) is 13.5 Å². The lowest BCUT2D eigenvalue weighted by Gasteiger charge is -2.11. The minimum Gasteiger partial charge on any atom is -0.469 e. The van der Waals surface area contributed by atoms with Crippen LogP contribution in [0.4, 0.5) is 10.1 Å². The normalized spacial score (nSPS) is 10.1. The number of amides is 1. The van der Waals surface area contributed by atoms with Gasteiger partial charge < -0.3 is 14.8 Å². The molecule has 0 radical (unpaired) electrons. The summed E-state index contributed by atoms with van der Waals surface area (Å²) in [6.45, 7) is 1.38. The Morgan fingerprint density at radius 2 is 1.92 bits per heavy atom. The fraction of sp³-hybridized carbons (Fsp3) is 0.250. The summed E-state index contributed by atoms with van der Waals surface area (Å²) in [6.07, 6.45) is 1.22. The van der Waals surface area contributed by atoms with Crippen molar-refractivity contribution in [2.45, 2.75) is 13.3 Å². The summed E-state index contributed by atoms with van der Waals surface area (Å²) in [7, 11) is 1.28. The Bertz CT molecular complexity index is 735. The average molecular weight is 333 g/mol. The number of carbonyl (C=O) groups excluding carboxylic acids is 2. The Hall–Kier alpha value is -3.03. The van der Waals surface area contributed by atoms with Crippen LogP contribution in [0, 0.1) is 12.7 Å². The number of rotatable bonds is 6. The van der Waals surface area contributed by atoms with Gasteiger partial charge >= 0.3 is 5.97 Å². The molecule has 126 valence electrons. The number of halogens is 1. The summed E-state index contributed by atoms with van der Waals surface area (Å²) in [5.74, 6) is -1.16. The zero-order valence-corrected chi connectivity index (χ0v) is 13.2. The van der Waals surface area contributed by atoms with Crippen LogP contribution in [0.1, 0.15) is 11.3 Å². The molecule has 1 aromatic carbocycles. The molecule has 0 aliphatic heterocycles. The molecule has 0 fully saturated rings. The lowest BCUT2D eigenvalue weighted by atomic mass is 10.1. The number of hydrogen-bond acceptors (Lipinski definition) is 6. The number of anilines is 1. The summed E-state index contributed by atoms with van der Waals surface area (Å²) in [5.41, 5.74) is 1.46. The highest BCUT2D eigenvalue weighted by atomic mass is 19.1. The first-order chi connectivity index (χ1) is 11.5. The van der Waals surface area contributed by atoms with Gasteiger partial charge in [0.2, 0.25) is 5.88 Å². The molecule has 1 heterocycles. The van der Waals surface area contributed by atoms with Crippen LogP contribution in [0.3, 0.4) is 0 Å². The van der Waals surface area contributed by atoms with Crippen molar-refractivity contribution in [1.82, 2.24) is 9.97 Å². The number of aryl methyl sites for hydroxylation is 1. The number of hydrogen-bond donors (Lipinski definition) is 1. The number of nitrogens with one attached hydrogen (secondary N) is 1. The van der Waals surface area contributed by atoms with E-state index in [-0.39, 0.29) is 18.9 Å². The predicted octanol–water partition coefficient (Wildman–Crippen LogP) is 1.66. The molecule has 0 spiro atoms. The predicted molar refractivity (Wildman–Crippen MR) is 83.0 cm³/mol. The third-order valence-electron chi connectivity index (χ3n) is 3.14. The molecule has 2 aromatic rings. The third-order valence-corrected chi connectivity index (χ3v) is 3.14. The zero-order valence-electron chi connectivity index (χ0n) is 13.2. The molecule has 0 saturated carbocycles. The van der Waals surface area contributed by atoms with Gasteiger partial charge in [0.15, 0.2) is 6.61 Å². The van der Waals surface area contributed by atoms with E-state index in [9.17, 15) is 14.0 Å². The van der Waals surface area contributed by atoms with Gasteiger partial charge in [-0.1, -0.05) is 0 Å². The van der Waals surface area contributed by atoms with E-state index in [2.05, 4.69) is 20.0 Å². The van der Waals surface area contributed by atoms with Gasteiger partial charge in [-0.05, 0) is 31.2 Å². The Morgan fingerprint density at radius 3 is 2.58 bits per heavy atom. The Labute approximate surface area is 137 Å². The number of carbonyl (C=O) groups is 2. The lowest BCUT2D eigenvalue weighted by molar-refractivity contribution is -0.139. The minimum atomic E-state index is -0.464. The van der Waals surface area contributed by atoms with Crippen molar-refractivity contribution in [3.05, 3.63) is 47.7 Å². The van der Waals surface area contributed by atoms with Gasteiger partial charge in [-0.3, -0.25) is 9.59 Å². The summed E-state index contributed by atoms with van der Waals surface area (Å²) in [6, 6.07) is 5.34. The molecule has 2 rings (SSSR count). The van der Waals surface area contributed by atoms with E-state index in [0.29, 0.717) is 16.9 Å². The molecule has 0 saturated heterocycles. The fourth-order valence-electron chi connectivity index (χ4n) is 1.89. The van der Waals surface area contributed by atoms with Crippen LogP contribution < -0.4 is 10.1 Å². The third kappa shape index (κ3) is 4.73. The molecule has 24 heavy (non-hydrogen) atoms. The SMILES string of the molecule is COC(=O)Cc1c(C)ncnc1OCC(=O)Nc1ccc(F)cc1. The number of methoxy groups -OCH3 is 1. The molecule has 0 aliphatic carbocycles. The van der Waals surface area contributed by atoms with E-state index in [1.807, 2.05) is 0 Å². The van der Waals surface area contributed by atoms with Gasteiger partial charge in [-0.2, -0.15) is 0 Å². The first-order valence-corrected chi connectivity index (χ1v) is 7.05. The second-order valence-corrected chi connectivity index (χ2v) is 4.84. The number of nitrogens with zero attached hydrogens (tertiary/aromatic N) is 2. The molecule has 1 aromatic heterocycles. The highest BCUT2D eigenvalue weighted by molar-refractivity contribution is 5.91. The first kappa shape index (κ1) is 17.3. The zero-order chi connectivity index (χ0) is 17.5. The smallest absolute Gasteiger partial charge is 0.310 e. The molecule has 7 nitrogen and oxygen atoms in total. The molecule has 0 atom stereocenters. The molecular formula is C16H16FN3O4. The van der Waals surface area contributed by atoms with E-state index in [1.165, 1.54) is 37.7 Å². The molecule has 0 aliphatic rings. The second-order valence-electron chi connectivity index (χ2n) is 4.84. The number of ether oxygens (including phenoxy) is 2. The largest absolute Gasteiger partial charge is 0.469 e. The monoisotopic (exact) mass is 333 g/mol. The van der Waals surface area contributed by atoms with Gasteiger partial charge in [-0.25, -0.2) is 14.4 Å². The van der Waals surface area contributed by atoms with Crippen LogP contribution in [0.25, 0.3) is 0 Å². The molecule has 0 bridgehead atoms. The van der Waals surface area contributed by atoms with Crippen LogP contribution in [0.15, 0.2) is 30.6 Å². The summed E-state index contributed by atoms with van der Waals surface area (Å²) in [4.78, 5) is 31.3. The molecule has 8 heteroatoms. The van der Waals surface area contributed by atoms with E-state index in [1.54, 1.807) is 6.92 Å². The Kier molecular flexibility index (Phi) is 5.78. The highest BCUT2D eigenvalue weighted by Crippen LogP contribution is 2.18. The average Bonchev–Trinajstić information content (AvgIpc) is 2.57. The standard InChI is InChI=1S/C16H16FN3O4/c1-10-13(7-15(22)23-2)16(19-9-18-10)24-8-14(21)20-12-5-3-11(17)4-6-12/h3-6,9H,7-8H2,1-2H3,(H,20,21). The minimum absolute atomic E-state index is 0.0575. The maximum Gasteiger partial charge on any atom is 0.310 e. The first-order valence-electron chi connectivity index (χ1n) is 7.05. The van der Waals surface area contributed by atoms with E-state index >= 15 is 0 Å². The van der Waals surface area contributed by atoms with Crippen LogP contribution in [-0.2, 0) is 20.7 Å². The molecule has 1 N–H and O–H groups in total. The molecule has 0 unspecified atom stereocenters. The summed E-state index contributed by atoms with van der Waals surface area (Å²) >= 11 is 0. The van der Waals surface area contributed by atoms with E-state index in [0.717, 1.165) is 0 Å². The van der Waals surface area contributed by atoms with Crippen LogP contribution in [-0.4, -0.2) is 35.6 Å². The van der Waals surface area contributed by atoms with Gasteiger partial charge in [0.25, 0.3) is 5.91 Å². The highest BCUT2D eigenvalue weighted by Gasteiger charge is 2.15. The summed E-state index contributed by atoms with van der Waals surface area (Å²) < 4.78 is 22.8. The number of aromatic nitrogens is 2. The van der Waals surface area contributed by atoms with Gasteiger partial charge in [0, 0.05) is 16.9 Å². The maximum atomic E-state index is 12.8. The van der Waals surface area contributed by atoms with Crippen molar-refractivity contribution in [3.8, 4) is 5.88 Å². The number of benzene rings is 1. The number of esters is 1. The van der Waals surface area contributed by atoms with Crippen molar-refractivity contribution in [3.63, 3.8) is 0 Å². The maximum absolute atomic E-state index is 12.8. The Morgan fingerprint density at radius 1 is 1.21 bits per heavy atom. The van der Waals surface area contributed by atoms with Gasteiger partial charge in [-0.15, -0.1) is 0 Å². The molecular weight excluding hydrogens is 317 g/mol. The van der Waals surface area contributed by atoms with Crippen molar-refractivity contribution in [2.75, 3.05) is 19.0 Å². The van der Waals surface area contributed by atoms with Crippen molar-refractivity contribution < 1.29 is 23.5 Å². The van der Waals surface area contributed by atoms with Gasteiger partial charge in [0.1, 0.15) is 12.1 Å². The van der Waals surface area contributed by atoms with Crippen molar-refractivity contribution in [1.29, 1.82) is 0 Å². The topological polar surface area (TPSA) is 90.4 Å². The fourth-order valence-corrected chi connectivity index (χ4v) is 1.89. The quantitative estimate of drug-likeness (QED) is 0.809. The second kappa shape index (κ2) is 8.00. The van der Waals surface area contributed by atoms with Crippen molar-refractivity contribution in [2.24, 2.45) is 0 Å².